The Morgan fingerprint density at radius 2 is 1.75 bits per heavy atom. The van der Waals surface area contributed by atoms with E-state index in [1.54, 1.807) is 6.07 Å². The van der Waals surface area contributed by atoms with E-state index in [9.17, 15) is 10.1 Å². The number of nitro groups is 1. The van der Waals surface area contributed by atoms with E-state index in [4.69, 9.17) is 0 Å². The number of nitrogens with zero attached hydrogens (tertiary/aromatic N) is 1. The minimum absolute atomic E-state index is 0.116. The highest BCUT2D eigenvalue weighted by atomic mass is 79.9. The zero-order chi connectivity index (χ0) is 14.7. The van der Waals surface area contributed by atoms with Crippen LogP contribution in [-0.2, 0) is 6.54 Å². The quantitative estimate of drug-likeness (QED) is 0.657. The van der Waals surface area contributed by atoms with Gasteiger partial charge in [-0.1, -0.05) is 28.1 Å². The highest BCUT2D eigenvalue weighted by Crippen LogP contribution is 2.28. The van der Waals surface area contributed by atoms with Crippen molar-refractivity contribution in [3.63, 3.8) is 0 Å². The molecular formula is C15H15BrN2O2. The molecule has 0 atom stereocenters. The molecule has 2 aromatic rings. The molecule has 0 spiro atoms. The summed E-state index contributed by atoms with van der Waals surface area (Å²) in [4.78, 5) is 10.7. The molecule has 2 aromatic carbocycles. The predicted octanol–water partition coefficient (Wildman–Crippen LogP) is 4.59. The van der Waals surface area contributed by atoms with E-state index in [1.165, 1.54) is 0 Å². The number of benzene rings is 2. The van der Waals surface area contributed by atoms with E-state index in [1.807, 2.05) is 44.2 Å². The van der Waals surface area contributed by atoms with Crippen LogP contribution in [0.1, 0.15) is 16.7 Å². The number of halogens is 1. The van der Waals surface area contributed by atoms with Gasteiger partial charge in [-0.3, -0.25) is 10.1 Å². The first-order chi connectivity index (χ1) is 9.47. The Balaban J connectivity index is 2.22. The summed E-state index contributed by atoms with van der Waals surface area (Å²) in [5.74, 6) is 0. The number of anilines is 1. The normalized spacial score (nSPS) is 10.3. The summed E-state index contributed by atoms with van der Waals surface area (Å²) in [6, 6.07) is 11.3. The van der Waals surface area contributed by atoms with Crippen molar-refractivity contribution in [3.05, 3.63) is 67.7 Å². The number of nitro benzene ring substituents is 1. The molecule has 0 aliphatic rings. The fourth-order valence-electron chi connectivity index (χ4n) is 1.89. The maximum Gasteiger partial charge on any atom is 0.292 e. The van der Waals surface area contributed by atoms with Crippen LogP contribution < -0.4 is 5.32 Å². The van der Waals surface area contributed by atoms with Crippen LogP contribution in [0.3, 0.4) is 0 Å². The summed E-state index contributed by atoms with van der Waals surface area (Å²) in [6.45, 7) is 4.38. The molecule has 0 aliphatic heterocycles. The second kappa shape index (κ2) is 6.05. The third kappa shape index (κ3) is 3.36. The zero-order valence-corrected chi connectivity index (χ0v) is 12.9. The monoisotopic (exact) mass is 334 g/mol. The lowest BCUT2D eigenvalue weighted by Gasteiger charge is -2.10. The molecule has 0 aliphatic carbocycles. The summed E-state index contributed by atoms with van der Waals surface area (Å²) in [5, 5.41) is 14.2. The van der Waals surface area contributed by atoms with Crippen molar-refractivity contribution in [1.29, 1.82) is 0 Å². The lowest BCUT2D eigenvalue weighted by Crippen LogP contribution is -2.03. The van der Waals surface area contributed by atoms with Crippen molar-refractivity contribution < 1.29 is 4.92 Å². The highest BCUT2D eigenvalue weighted by molar-refractivity contribution is 9.10. The molecule has 0 bridgehead atoms. The van der Waals surface area contributed by atoms with Gasteiger partial charge in [0, 0.05) is 17.1 Å². The van der Waals surface area contributed by atoms with Gasteiger partial charge in [0.2, 0.25) is 0 Å². The summed E-state index contributed by atoms with van der Waals surface area (Å²) in [6.07, 6.45) is 0. The molecule has 0 fully saturated rings. The van der Waals surface area contributed by atoms with Gasteiger partial charge < -0.3 is 5.32 Å². The first kappa shape index (κ1) is 14.5. The van der Waals surface area contributed by atoms with Gasteiger partial charge in [0.15, 0.2) is 0 Å². The Bertz CT molecular complexity index is 639. The SMILES string of the molecule is Cc1cc(NCc2ccc(Br)cc2)c([N+](=O)[O-])cc1C. The van der Waals surface area contributed by atoms with E-state index < -0.39 is 0 Å². The molecule has 0 aromatic heterocycles. The Hall–Kier alpha value is -1.88. The van der Waals surface area contributed by atoms with Gasteiger partial charge in [-0.05, 0) is 48.7 Å². The highest BCUT2D eigenvalue weighted by Gasteiger charge is 2.15. The van der Waals surface area contributed by atoms with Crippen molar-refractivity contribution in [2.24, 2.45) is 0 Å². The number of hydrogen-bond acceptors (Lipinski definition) is 3. The van der Waals surface area contributed by atoms with Crippen molar-refractivity contribution in [3.8, 4) is 0 Å². The molecule has 20 heavy (non-hydrogen) atoms. The standard InChI is InChI=1S/C15H15BrN2O2/c1-10-7-14(15(18(19)20)8-11(10)2)17-9-12-3-5-13(16)6-4-12/h3-8,17H,9H2,1-2H3. The van der Waals surface area contributed by atoms with E-state index in [0.29, 0.717) is 12.2 Å². The Morgan fingerprint density at radius 3 is 2.35 bits per heavy atom. The topological polar surface area (TPSA) is 55.2 Å². The molecule has 0 amide bonds. The van der Waals surface area contributed by atoms with Crippen LogP contribution in [0.5, 0.6) is 0 Å². The lowest BCUT2D eigenvalue weighted by molar-refractivity contribution is -0.384. The van der Waals surface area contributed by atoms with Crippen LogP contribution in [0.4, 0.5) is 11.4 Å². The van der Waals surface area contributed by atoms with Gasteiger partial charge in [-0.15, -0.1) is 0 Å². The third-order valence-electron chi connectivity index (χ3n) is 3.20. The minimum atomic E-state index is -0.351. The first-order valence-corrected chi connectivity index (χ1v) is 7.00. The molecular weight excluding hydrogens is 320 g/mol. The van der Waals surface area contributed by atoms with E-state index >= 15 is 0 Å². The second-order valence-electron chi connectivity index (χ2n) is 4.69. The van der Waals surface area contributed by atoms with Crippen molar-refractivity contribution >= 4 is 27.3 Å². The summed E-state index contributed by atoms with van der Waals surface area (Å²) < 4.78 is 1.01. The van der Waals surface area contributed by atoms with E-state index in [-0.39, 0.29) is 10.6 Å². The fourth-order valence-corrected chi connectivity index (χ4v) is 2.16. The van der Waals surface area contributed by atoms with Gasteiger partial charge >= 0.3 is 0 Å². The molecule has 0 heterocycles. The maximum atomic E-state index is 11.1. The van der Waals surface area contributed by atoms with Gasteiger partial charge in [0.1, 0.15) is 5.69 Å². The molecule has 104 valence electrons. The molecule has 2 rings (SSSR count). The number of rotatable bonds is 4. The molecule has 0 saturated heterocycles. The minimum Gasteiger partial charge on any atom is -0.375 e. The van der Waals surface area contributed by atoms with Gasteiger partial charge in [0.05, 0.1) is 4.92 Å². The average molecular weight is 335 g/mol. The molecule has 4 nitrogen and oxygen atoms in total. The van der Waals surface area contributed by atoms with Gasteiger partial charge in [0.25, 0.3) is 5.69 Å². The smallest absolute Gasteiger partial charge is 0.292 e. The molecule has 5 heteroatoms. The number of nitrogens with one attached hydrogen (secondary N) is 1. The second-order valence-corrected chi connectivity index (χ2v) is 5.61. The summed E-state index contributed by atoms with van der Waals surface area (Å²) in [5.41, 5.74) is 3.70. The van der Waals surface area contributed by atoms with Crippen molar-refractivity contribution in [2.75, 3.05) is 5.32 Å². The number of aryl methyl sites for hydroxylation is 2. The maximum absolute atomic E-state index is 11.1. The average Bonchev–Trinajstić information content (AvgIpc) is 2.41. The van der Waals surface area contributed by atoms with Crippen LogP contribution in [0.2, 0.25) is 0 Å². The van der Waals surface area contributed by atoms with E-state index in [0.717, 1.165) is 21.2 Å². The largest absolute Gasteiger partial charge is 0.375 e. The van der Waals surface area contributed by atoms with Crippen molar-refractivity contribution in [2.45, 2.75) is 20.4 Å². The van der Waals surface area contributed by atoms with Crippen LogP contribution in [0.25, 0.3) is 0 Å². The van der Waals surface area contributed by atoms with Crippen LogP contribution >= 0.6 is 15.9 Å². The Morgan fingerprint density at radius 1 is 1.15 bits per heavy atom. The summed E-state index contributed by atoms with van der Waals surface area (Å²) in [7, 11) is 0. The van der Waals surface area contributed by atoms with Crippen molar-refractivity contribution in [1.82, 2.24) is 0 Å². The van der Waals surface area contributed by atoms with E-state index in [2.05, 4.69) is 21.2 Å². The van der Waals surface area contributed by atoms with Crippen LogP contribution in [0.15, 0.2) is 40.9 Å². The van der Waals surface area contributed by atoms with Gasteiger partial charge in [-0.25, -0.2) is 0 Å². The predicted molar refractivity (Wildman–Crippen MR) is 84.0 cm³/mol. The van der Waals surface area contributed by atoms with Crippen LogP contribution in [0, 0.1) is 24.0 Å². The number of hydrogen-bond donors (Lipinski definition) is 1. The van der Waals surface area contributed by atoms with Gasteiger partial charge in [-0.2, -0.15) is 0 Å². The third-order valence-corrected chi connectivity index (χ3v) is 3.73. The summed E-state index contributed by atoms with van der Waals surface area (Å²) >= 11 is 3.38. The molecule has 1 N–H and O–H groups in total. The first-order valence-electron chi connectivity index (χ1n) is 6.21. The fraction of sp³-hybridized carbons (Fsp3) is 0.200. The molecule has 0 radical (unpaired) electrons. The lowest BCUT2D eigenvalue weighted by atomic mass is 10.1. The molecule has 0 saturated carbocycles. The molecule has 0 unspecified atom stereocenters. The Labute approximate surface area is 126 Å². The van der Waals surface area contributed by atoms with Crippen LogP contribution in [-0.4, -0.2) is 4.92 Å². The Kier molecular flexibility index (Phi) is 4.39. The zero-order valence-electron chi connectivity index (χ0n) is 11.3.